The zero-order valence-corrected chi connectivity index (χ0v) is 7.18. The van der Waals surface area contributed by atoms with Gasteiger partial charge in [0.05, 0.1) is 5.41 Å². The van der Waals surface area contributed by atoms with Crippen molar-refractivity contribution in [1.29, 1.82) is 0 Å². The summed E-state index contributed by atoms with van der Waals surface area (Å²) in [4.78, 5) is 11.2. The van der Waals surface area contributed by atoms with E-state index in [1.54, 1.807) is 0 Å². The van der Waals surface area contributed by atoms with Gasteiger partial charge in [0.15, 0.2) is 0 Å². The Bertz CT molecular complexity index is 194. The lowest BCUT2D eigenvalue weighted by molar-refractivity contribution is -0.157. The lowest BCUT2D eigenvalue weighted by atomic mass is 9.56. The van der Waals surface area contributed by atoms with Crippen molar-refractivity contribution < 1.29 is 4.79 Å². The van der Waals surface area contributed by atoms with E-state index >= 15 is 0 Å². The minimum absolute atomic E-state index is 0.0914. The summed E-state index contributed by atoms with van der Waals surface area (Å²) < 4.78 is 0. The summed E-state index contributed by atoms with van der Waals surface area (Å²) in [5, 5.41) is 3.00. The maximum absolute atomic E-state index is 11.2. The number of carbonyl (C=O) groups is 1. The third kappa shape index (κ3) is 0.700. The van der Waals surface area contributed by atoms with Gasteiger partial charge in [-0.15, -0.1) is 0 Å². The number of hydrogen-bond donors (Lipinski definition) is 1. The van der Waals surface area contributed by atoms with Crippen LogP contribution in [0.4, 0.5) is 0 Å². The topological polar surface area (TPSA) is 29.1 Å². The molecule has 62 valence electrons. The lowest BCUT2D eigenvalue weighted by Gasteiger charge is -2.56. The zero-order valence-electron chi connectivity index (χ0n) is 7.18. The second-order valence-corrected chi connectivity index (χ2v) is 4.20. The molecule has 1 N–H and O–H groups in total. The lowest BCUT2D eigenvalue weighted by Crippen LogP contribution is -2.71. The van der Waals surface area contributed by atoms with E-state index in [0.717, 1.165) is 12.8 Å². The zero-order chi connectivity index (χ0) is 8.06. The van der Waals surface area contributed by atoms with Crippen LogP contribution in [0.5, 0.6) is 0 Å². The number of carbonyl (C=O) groups excluding carboxylic acids is 1. The normalized spacial score (nSPS) is 33.0. The Balaban J connectivity index is 2.11. The number of hydrogen-bond acceptors (Lipinski definition) is 1. The molecule has 0 aromatic heterocycles. The standard InChI is InChI=1S/C9H15NO/c1-6(2)7-9(4-3-5-9)8(11)10-7/h6-7H,3-5H2,1-2H3,(H,10,11). The van der Waals surface area contributed by atoms with E-state index < -0.39 is 0 Å². The molecule has 0 bridgehead atoms. The van der Waals surface area contributed by atoms with Gasteiger partial charge in [-0.1, -0.05) is 20.3 Å². The maximum atomic E-state index is 11.2. The van der Waals surface area contributed by atoms with Gasteiger partial charge in [-0.25, -0.2) is 0 Å². The molecule has 1 aliphatic heterocycles. The number of rotatable bonds is 1. The average Bonchev–Trinajstić information content (AvgIpc) is 1.78. The summed E-state index contributed by atoms with van der Waals surface area (Å²) >= 11 is 0. The second kappa shape index (κ2) is 1.99. The quantitative estimate of drug-likeness (QED) is 0.565. The van der Waals surface area contributed by atoms with E-state index in [0.29, 0.717) is 17.9 Å². The largest absolute Gasteiger partial charge is 0.351 e. The summed E-state index contributed by atoms with van der Waals surface area (Å²) in [5.41, 5.74) is 0.0914. The van der Waals surface area contributed by atoms with Gasteiger partial charge in [0.25, 0.3) is 0 Å². The van der Waals surface area contributed by atoms with E-state index in [1.165, 1.54) is 6.42 Å². The van der Waals surface area contributed by atoms with Crippen molar-refractivity contribution in [1.82, 2.24) is 5.32 Å². The smallest absolute Gasteiger partial charge is 0.228 e. The van der Waals surface area contributed by atoms with Gasteiger partial charge in [-0.2, -0.15) is 0 Å². The Labute approximate surface area is 67.4 Å². The third-order valence-corrected chi connectivity index (χ3v) is 3.25. The van der Waals surface area contributed by atoms with Gasteiger partial charge in [-0.3, -0.25) is 4.79 Å². The van der Waals surface area contributed by atoms with Crippen LogP contribution in [-0.4, -0.2) is 11.9 Å². The first-order chi connectivity index (χ1) is 5.17. The van der Waals surface area contributed by atoms with Crippen molar-refractivity contribution in [2.75, 3.05) is 0 Å². The summed E-state index contributed by atoms with van der Waals surface area (Å²) in [6.07, 6.45) is 3.50. The minimum Gasteiger partial charge on any atom is -0.351 e. The van der Waals surface area contributed by atoms with E-state index in [-0.39, 0.29) is 5.41 Å². The van der Waals surface area contributed by atoms with Crippen LogP contribution in [0.25, 0.3) is 0 Å². The highest BCUT2D eigenvalue weighted by molar-refractivity contribution is 5.91. The Kier molecular flexibility index (Phi) is 1.29. The van der Waals surface area contributed by atoms with E-state index in [9.17, 15) is 4.79 Å². The molecule has 2 nitrogen and oxygen atoms in total. The molecular weight excluding hydrogens is 138 g/mol. The number of β-lactam (4-membered cyclic amide) rings is 1. The molecule has 1 amide bonds. The highest BCUT2D eigenvalue weighted by Crippen LogP contribution is 2.51. The van der Waals surface area contributed by atoms with Gasteiger partial charge < -0.3 is 5.32 Å². The molecular formula is C9H15NO. The predicted octanol–water partition coefficient (Wildman–Crippen LogP) is 1.31. The molecule has 2 heteroatoms. The first kappa shape index (κ1) is 7.14. The van der Waals surface area contributed by atoms with Gasteiger partial charge in [0.1, 0.15) is 0 Å². The molecule has 11 heavy (non-hydrogen) atoms. The second-order valence-electron chi connectivity index (χ2n) is 4.20. The fourth-order valence-corrected chi connectivity index (χ4v) is 2.39. The number of amides is 1. The summed E-state index contributed by atoms with van der Waals surface area (Å²) in [6, 6.07) is 0.476. The first-order valence-electron chi connectivity index (χ1n) is 4.48. The Morgan fingerprint density at radius 1 is 1.55 bits per heavy atom. The van der Waals surface area contributed by atoms with Crippen LogP contribution in [0.2, 0.25) is 0 Å². The van der Waals surface area contributed by atoms with Crippen molar-refractivity contribution in [3.8, 4) is 0 Å². The van der Waals surface area contributed by atoms with Crippen LogP contribution < -0.4 is 5.32 Å². The highest BCUT2D eigenvalue weighted by atomic mass is 16.2. The van der Waals surface area contributed by atoms with Crippen molar-refractivity contribution in [3.63, 3.8) is 0 Å². The van der Waals surface area contributed by atoms with Crippen LogP contribution in [0.1, 0.15) is 33.1 Å². The molecule has 0 radical (unpaired) electrons. The molecule has 0 aromatic carbocycles. The van der Waals surface area contributed by atoms with Crippen LogP contribution in [-0.2, 0) is 4.79 Å². The fraction of sp³-hybridized carbons (Fsp3) is 0.889. The van der Waals surface area contributed by atoms with Crippen molar-refractivity contribution in [2.24, 2.45) is 11.3 Å². The molecule has 1 atom stereocenters. The van der Waals surface area contributed by atoms with E-state index in [2.05, 4.69) is 19.2 Å². The average molecular weight is 153 g/mol. The van der Waals surface area contributed by atoms with Crippen molar-refractivity contribution >= 4 is 5.91 Å². The maximum Gasteiger partial charge on any atom is 0.228 e. The number of nitrogens with one attached hydrogen (secondary N) is 1. The summed E-state index contributed by atoms with van der Waals surface area (Å²) in [6.45, 7) is 4.37. The molecule has 1 spiro atoms. The van der Waals surface area contributed by atoms with E-state index in [1.807, 2.05) is 0 Å². The molecule has 1 saturated heterocycles. The molecule has 0 aromatic rings. The molecule has 2 aliphatic rings. The molecule has 1 unspecified atom stereocenters. The van der Waals surface area contributed by atoms with E-state index in [4.69, 9.17) is 0 Å². The third-order valence-electron chi connectivity index (χ3n) is 3.25. The SMILES string of the molecule is CC(C)C1NC(=O)C12CCC2. The molecule has 1 saturated carbocycles. The van der Waals surface area contributed by atoms with Gasteiger partial charge in [-0.05, 0) is 18.8 Å². The predicted molar refractivity (Wildman–Crippen MR) is 43.1 cm³/mol. The van der Waals surface area contributed by atoms with Crippen LogP contribution in [0.15, 0.2) is 0 Å². The molecule has 1 aliphatic carbocycles. The molecule has 2 fully saturated rings. The van der Waals surface area contributed by atoms with Crippen LogP contribution >= 0.6 is 0 Å². The summed E-state index contributed by atoms with van der Waals surface area (Å²) in [5.74, 6) is 0.912. The first-order valence-corrected chi connectivity index (χ1v) is 4.48. The van der Waals surface area contributed by atoms with Gasteiger partial charge >= 0.3 is 0 Å². The van der Waals surface area contributed by atoms with Crippen molar-refractivity contribution in [2.45, 2.75) is 39.2 Å². The molecule has 2 rings (SSSR count). The Morgan fingerprint density at radius 2 is 2.18 bits per heavy atom. The minimum atomic E-state index is 0.0914. The highest BCUT2D eigenvalue weighted by Gasteiger charge is 2.58. The van der Waals surface area contributed by atoms with Crippen LogP contribution in [0.3, 0.4) is 0 Å². The Hall–Kier alpha value is -0.530. The van der Waals surface area contributed by atoms with Gasteiger partial charge in [0, 0.05) is 6.04 Å². The fourth-order valence-electron chi connectivity index (χ4n) is 2.39. The van der Waals surface area contributed by atoms with Crippen LogP contribution in [0, 0.1) is 11.3 Å². The summed E-state index contributed by atoms with van der Waals surface area (Å²) in [7, 11) is 0. The Morgan fingerprint density at radius 3 is 2.36 bits per heavy atom. The van der Waals surface area contributed by atoms with Crippen molar-refractivity contribution in [3.05, 3.63) is 0 Å². The van der Waals surface area contributed by atoms with Gasteiger partial charge in [0.2, 0.25) is 5.91 Å². The monoisotopic (exact) mass is 153 g/mol. The molecule has 1 heterocycles.